The van der Waals surface area contributed by atoms with Gasteiger partial charge in [-0.1, -0.05) is 53.9 Å². The van der Waals surface area contributed by atoms with Crippen LogP contribution < -0.4 is 5.32 Å². The van der Waals surface area contributed by atoms with Crippen molar-refractivity contribution >= 4 is 5.91 Å². The summed E-state index contributed by atoms with van der Waals surface area (Å²) in [6.45, 7) is 11.1. The standard InChI is InChI=1S/C17H34N2O/c1-6-9-11-15-17(20)19(14(8-3)10-7-2)16(18-15)12-13(4)5/h13-16,18H,6-12H2,1-5H3. The maximum absolute atomic E-state index is 12.7. The minimum Gasteiger partial charge on any atom is -0.323 e. The molecular weight excluding hydrogens is 248 g/mol. The van der Waals surface area contributed by atoms with Gasteiger partial charge in [0.15, 0.2) is 0 Å². The molecule has 0 aliphatic carbocycles. The number of unbranched alkanes of at least 4 members (excludes halogenated alkanes) is 1. The summed E-state index contributed by atoms with van der Waals surface area (Å²) in [5.41, 5.74) is 0. The first kappa shape index (κ1) is 17.5. The molecule has 0 radical (unpaired) electrons. The van der Waals surface area contributed by atoms with Crippen LogP contribution in [-0.2, 0) is 4.79 Å². The van der Waals surface area contributed by atoms with E-state index in [2.05, 4.69) is 44.8 Å². The molecule has 20 heavy (non-hydrogen) atoms. The van der Waals surface area contributed by atoms with Crippen LogP contribution in [0.15, 0.2) is 0 Å². The SMILES string of the molecule is CCCCC1NC(CC(C)C)N(C(CC)CCC)C1=O. The van der Waals surface area contributed by atoms with Crippen molar-refractivity contribution in [1.82, 2.24) is 10.2 Å². The zero-order valence-corrected chi connectivity index (χ0v) is 14.1. The van der Waals surface area contributed by atoms with Crippen LogP contribution in [-0.4, -0.2) is 29.1 Å². The van der Waals surface area contributed by atoms with E-state index < -0.39 is 0 Å². The fourth-order valence-corrected chi connectivity index (χ4v) is 3.27. The molecule has 0 aromatic carbocycles. The van der Waals surface area contributed by atoms with E-state index in [9.17, 15) is 4.79 Å². The highest BCUT2D eigenvalue weighted by Gasteiger charge is 2.41. The Balaban J connectivity index is 2.80. The lowest BCUT2D eigenvalue weighted by Crippen LogP contribution is -2.45. The van der Waals surface area contributed by atoms with Crippen molar-refractivity contribution in [3.63, 3.8) is 0 Å². The van der Waals surface area contributed by atoms with Crippen molar-refractivity contribution in [1.29, 1.82) is 0 Å². The topological polar surface area (TPSA) is 32.3 Å². The molecule has 3 unspecified atom stereocenters. The van der Waals surface area contributed by atoms with Crippen LogP contribution in [0.2, 0.25) is 0 Å². The Morgan fingerprint density at radius 2 is 1.90 bits per heavy atom. The maximum atomic E-state index is 12.7. The van der Waals surface area contributed by atoms with Gasteiger partial charge in [0, 0.05) is 6.04 Å². The third-order valence-electron chi connectivity index (χ3n) is 4.31. The third-order valence-corrected chi connectivity index (χ3v) is 4.31. The molecule has 1 aliphatic heterocycles. The third kappa shape index (κ3) is 4.47. The van der Waals surface area contributed by atoms with Crippen molar-refractivity contribution in [3.05, 3.63) is 0 Å². The van der Waals surface area contributed by atoms with E-state index in [0.717, 1.165) is 44.9 Å². The fourth-order valence-electron chi connectivity index (χ4n) is 3.27. The number of carbonyl (C=O) groups is 1. The number of nitrogens with zero attached hydrogens (tertiary/aromatic N) is 1. The quantitative estimate of drug-likeness (QED) is 0.695. The lowest BCUT2D eigenvalue weighted by atomic mass is 10.0. The Kier molecular flexibility index (Phi) is 7.57. The first-order valence-electron chi connectivity index (χ1n) is 8.63. The lowest BCUT2D eigenvalue weighted by molar-refractivity contribution is -0.132. The first-order chi connectivity index (χ1) is 9.54. The largest absolute Gasteiger partial charge is 0.323 e. The monoisotopic (exact) mass is 282 g/mol. The predicted octanol–water partition coefficient (Wildman–Crippen LogP) is 3.93. The second-order valence-corrected chi connectivity index (χ2v) is 6.60. The molecule has 1 heterocycles. The highest BCUT2D eigenvalue weighted by atomic mass is 16.2. The van der Waals surface area contributed by atoms with E-state index in [4.69, 9.17) is 0 Å². The van der Waals surface area contributed by atoms with Crippen LogP contribution in [0.4, 0.5) is 0 Å². The van der Waals surface area contributed by atoms with Crippen LogP contribution in [0.25, 0.3) is 0 Å². The Morgan fingerprint density at radius 1 is 1.20 bits per heavy atom. The summed E-state index contributed by atoms with van der Waals surface area (Å²) < 4.78 is 0. The number of rotatable bonds is 9. The molecule has 118 valence electrons. The van der Waals surface area contributed by atoms with Crippen LogP contribution in [0, 0.1) is 5.92 Å². The zero-order chi connectivity index (χ0) is 15.1. The molecule has 1 N–H and O–H groups in total. The molecular formula is C17H34N2O. The average molecular weight is 282 g/mol. The Morgan fingerprint density at radius 3 is 2.40 bits per heavy atom. The summed E-state index contributed by atoms with van der Waals surface area (Å²) in [7, 11) is 0. The number of amides is 1. The van der Waals surface area contributed by atoms with Gasteiger partial charge < -0.3 is 4.90 Å². The van der Waals surface area contributed by atoms with E-state index in [1.54, 1.807) is 0 Å². The van der Waals surface area contributed by atoms with Gasteiger partial charge in [0.1, 0.15) is 0 Å². The summed E-state index contributed by atoms with van der Waals surface area (Å²) in [5.74, 6) is 0.969. The molecule has 1 saturated heterocycles. The fraction of sp³-hybridized carbons (Fsp3) is 0.941. The van der Waals surface area contributed by atoms with Gasteiger partial charge in [-0.25, -0.2) is 0 Å². The van der Waals surface area contributed by atoms with Gasteiger partial charge in [0.05, 0.1) is 12.2 Å². The van der Waals surface area contributed by atoms with Crippen LogP contribution >= 0.6 is 0 Å². The Bertz CT molecular complexity index is 291. The van der Waals surface area contributed by atoms with Gasteiger partial charge in [-0.3, -0.25) is 10.1 Å². The molecule has 3 atom stereocenters. The molecule has 3 nitrogen and oxygen atoms in total. The van der Waals surface area contributed by atoms with Crippen LogP contribution in [0.1, 0.15) is 79.6 Å². The van der Waals surface area contributed by atoms with Crippen molar-refractivity contribution < 1.29 is 4.79 Å². The molecule has 1 rings (SSSR count). The molecule has 1 aliphatic rings. The van der Waals surface area contributed by atoms with Gasteiger partial charge in [-0.05, 0) is 31.6 Å². The first-order valence-corrected chi connectivity index (χ1v) is 8.63. The van der Waals surface area contributed by atoms with Crippen molar-refractivity contribution in [2.75, 3.05) is 0 Å². The molecule has 0 bridgehead atoms. The van der Waals surface area contributed by atoms with E-state index in [1.165, 1.54) is 0 Å². The number of hydrogen-bond acceptors (Lipinski definition) is 2. The molecule has 1 fully saturated rings. The average Bonchev–Trinajstić information content (AvgIpc) is 2.69. The number of carbonyl (C=O) groups excluding carboxylic acids is 1. The summed E-state index contributed by atoms with van der Waals surface area (Å²) >= 11 is 0. The summed E-state index contributed by atoms with van der Waals surface area (Å²) in [4.78, 5) is 14.9. The molecule has 0 aromatic heterocycles. The molecule has 1 amide bonds. The highest BCUT2D eigenvalue weighted by Crippen LogP contribution is 2.25. The lowest BCUT2D eigenvalue weighted by Gasteiger charge is -2.33. The molecule has 0 saturated carbocycles. The second kappa shape index (κ2) is 8.66. The molecule has 3 heteroatoms. The van der Waals surface area contributed by atoms with E-state index in [0.29, 0.717) is 17.9 Å². The summed E-state index contributed by atoms with van der Waals surface area (Å²) in [6.07, 6.45) is 7.94. The van der Waals surface area contributed by atoms with E-state index >= 15 is 0 Å². The van der Waals surface area contributed by atoms with Crippen molar-refractivity contribution in [2.45, 2.75) is 97.8 Å². The molecule has 0 aromatic rings. The minimum atomic E-state index is 0.0598. The smallest absolute Gasteiger partial charge is 0.241 e. The second-order valence-electron chi connectivity index (χ2n) is 6.60. The Labute approximate surface area is 125 Å². The maximum Gasteiger partial charge on any atom is 0.241 e. The van der Waals surface area contributed by atoms with Gasteiger partial charge in [0.25, 0.3) is 0 Å². The summed E-state index contributed by atoms with van der Waals surface area (Å²) in [6, 6.07) is 0.472. The van der Waals surface area contributed by atoms with Gasteiger partial charge in [-0.15, -0.1) is 0 Å². The minimum absolute atomic E-state index is 0.0598. The van der Waals surface area contributed by atoms with Crippen molar-refractivity contribution in [2.24, 2.45) is 5.92 Å². The van der Waals surface area contributed by atoms with Crippen LogP contribution in [0.5, 0.6) is 0 Å². The van der Waals surface area contributed by atoms with Crippen molar-refractivity contribution in [3.8, 4) is 0 Å². The number of hydrogen-bond donors (Lipinski definition) is 1. The number of nitrogens with one attached hydrogen (secondary N) is 1. The zero-order valence-electron chi connectivity index (χ0n) is 14.1. The molecule has 0 spiro atoms. The van der Waals surface area contributed by atoms with E-state index in [-0.39, 0.29) is 12.2 Å². The Hall–Kier alpha value is -0.570. The van der Waals surface area contributed by atoms with Gasteiger partial charge in [-0.2, -0.15) is 0 Å². The normalized spacial score (nSPS) is 24.7. The predicted molar refractivity (Wildman–Crippen MR) is 85.5 cm³/mol. The van der Waals surface area contributed by atoms with Gasteiger partial charge >= 0.3 is 0 Å². The van der Waals surface area contributed by atoms with Gasteiger partial charge in [0.2, 0.25) is 5.91 Å². The summed E-state index contributed by atoms with van der Waals surface area (Å²) in [5, 5.41) is 3.61. The highest BCUT2D eigenvalue weighted by molar-refractivity contribution is 5.84. The van der Waals surface area contributed by atoms with E-state index in [1.807, 2.05) is 0 Å². The van der Waals surface area contributed by atoms with Crippen LogP contribution in [0.3, 0.4) is 0 Å².